The first-order chi connectivity index (χ1) is 14.9. The maximum atomic E-state index is 12.4. The van der Waals surface area contributed by atoms with Crippen molar-refractivity contribution in [2.45, 2.75) is 0 Å². The number of thioether (sulfide) groups is 1. The van der Waals surface area contributed by atoms with Crippen LogP contribution in [0.1, 0.15) is 5.56 Å². The molecule has 3 rings (SSSR count). The number of hydrogen-bond acceptors (Lipinski definition) is 7. The number of ether oxygens (including phenoxy) is 2. The molecule has 1 heterocycles. The van der Waals surface area contributed by atoms with Crippen LogP contribution in [0.3, 0.4) is 0 Å². The lowest BCUT2D eigenvalue weighted by Crippen LogP contribution is -2.34. The van der Waals surface area contributed by atoms with Crippen molar-refractivity contribution >= 4 is 58.1 Å². The fraction of sp³-hybridized carbons (Fsp3) is 0.143. The standard InChI is InChI=1S/C21H17ClN2O6S/c1-29-19(26)11-24-20(27)17(31-21(24)28)10-13-5-4-6-14(9-13)30-12-18(25)23-16-8-3-2-7-15(16)22/h2-10H,11-12H2,1H3,(H,23,25)/b17-10-. The van der Waals surface area contributed by atoms with E-state index in [2.05, 4.69) is 10.1 Å². The molecule has 0 saturated carbocycles. The second kappa shape index (κ2) is 10.1. The minimum absolute atomic E-state index is 0.169. The number of anilines is 1. The topological polar surface area (TPSA) is 102 Å². The van der Waals surface area contributed by atoms with Crippen molar-refractivity contribution in [3.05, 3.63) is 64.0 Å². The Morgan fingerprint density at radius 3 is 2.68 bits per heavy atom. The van der Waals surface area contributed by atoms with E-state index in [4.69, 9.17) is 16.3 Å². The van der Waals surface area contributed by atoms with Gasteiger partial charge in [-0.1, -0.05) is 35.9 Å². The maximum absolute atomic E-state index is 12.4. The number of hydrogen-bond donors (Lipinski definition) is 1. The summed E-state index contributed by atoms with van der Waals surface area (Å²) in [6.07, 6.45) is 1.51. The van der Waals surface area contributed by atoms with E-state index in [1.807, 2.05) is 0 Å². The number of carbonyl (C=O) groups is 4. The summed E-state index contributed by atoms with van der Waals surface area (Å²) in [7, 11) is 1.18. The van der Waals surface area contributed by atoms with Gasteiger partial charge in [-0.05, 0) is 47.7 Å². The van der Waals surface area contributed by atoms with Crippen LogP contribution in [0, 0.1) is 0 Å². The zero-order valence-electron chi connectivity index (χ0n) is 16.3. The fourth-order valence-corrected chi connectivity index (χ4v) is 3.59. The highest BCUT2D eigenvalue weighted by Gasteiger charge is 2.36. The number of rotatable bonds is 7. The monoisotopic (exact) mass is 460 g/mol. The van der Waals surface area contributed by atoms with E-state index in [1.54, 1.807) is 48.5 Å². The summed E-state index contributed by atoms with van der Waals surface area (Å²) in [5.41, 5.74) is 1.07. The van der Waals surface area contributed by atoms with Gasteiger partial charge in [-0.3, -0.25) is 24.1 Å². The highest BCUT2D eigenvalue weighted by molar-refractivity contribution is 8.18. The van der Waals surface area contributed by atoms with Gasteiger partial charge in [0.2, 0.25) is 0 Å². The van der Waals surface area contributed by atoms with Crippen molar-refractivity contribution in [3.63, 3.8) is 0 Å². The zero-order chi connectivity index (χ0) is 22.4. The summed E-state index contributed by atoms with van der Waals surface area (Å²) in [5, 5.41) is 2.52. The van der Waals surface area contributed by atoms with Crippen LogP contribution in [0.5, 0.6) is 5.75 Å². The third-order valence-electron chi connectivity index (χ3n) is 4.06. The van der Waals surface area contributed by atoms with Crippen molar-refractivity contribution in [2.24, 2.45) is 0 Å². The third kappa shape index (κ3) is 5.87. The zero-order valence-corrected chi connectivity index (χ0v) is 17.9. The van der Waals surface area contributed by atoms with Gasteiger partial charge in [0.15, 0.2) is 6.61 Å². The molecule has 0 aliphatic carbocycles. The molecule has 0 aromatic heterocycles. The van der Waals surface area contributed by atoms with E-state index >= 15 is 0 Å². The van der Waals surface area contributed by atoms with Gasteiger partial charge in [-0.15, -0.1) is 0 Å². The number of amides is 3. The highest BCUT2D eigenvalue weighted by atomic mass is 35.5. The lowest BCUT2D eigenvalue weighted by Gasteiger charge is -2.10. The van der Waals surface area contributed by atoms with E-state index in [-0.39, 0.29) is 17.4 Å². The maximum Gasteiger partial charge on any atom is 0.325 e. The molecule has 31 heavy (non-hydrogen) atoms. The normalized spacial score (nSPS) is 14.6. The lowest BCUT2D eigenvalue weighted by molar-refractivity contribution is -0.143. The Morgan fingerprint density at radius 2 is 1.94 bits per heavy atom. The molecule has 160 valence electrons. The van der Waals surface area contributed by atoms with E-state index in [1.165, 1.54) is 13.2 Å². The Morgan fingerprint density at radius 1 is 1.16 bits per heavy atom. The van der Waals surface area contributed by atoms with Crippen LogP contribution in [0.2, 0.25) is 5.02 Å². The number of halogens is 1. The summed E-state index contributed by atoms with van der Waals surface area (Å²) in [4.78, 5) is 48.8. The average molecular weight is 461 g/mol. The molecule has 0 unspecified atom stereocenters. The van der Waals surface area contributed by atoms with Gasteiger partial charge in [-0.2, -0.15) is 0 Å². The Kier molecular flexibility index (Phi) is 7.32. The van der Waals surface area contributed by atoms with Crippen LogP contribution in [-0.2, 0) is 19.1 Å². The SMILES string of the molecule is COC(=O)CN1C(=O)S/C(=C\c2cccc(OCC(=O)Nc3ccccc3Cl)c2)C1=O. The van der Waals surface area contributed by atoms with Gasteiger partial charge in [0, 0.05) is 0 Å². The second-order valence-electron chi connectivity index (χ2n) is 6.23. The molecule has 10 heteroatoms. The number of para-hydroxylation sites is 1. The van der Waals surface area contributed by atoms with Crippen molar-refractivity contribution in [1.29, 1.82) is 0 Å². The van der Waals surface area contributed by atoms with Crippen LogP contribution in [0.15, 0.2) is 53.4 Å². The average Bonchev–Trinajstić information content (AvgIpc) is 3.01. The molecule has 0 radical (unpaired) electrons. The molecule has 3 amide bonds. The summed E-state index contributed by atoms with van der Waals surface area (Å²) < 4.78 is 10.0. The minimum atomic E-state index is -0.686. The molecule has 2 aromatic carbocycles. The van der Waals surface area contributed by atoms with Gasteiger partial charge < -0.3 is 14.8 Å². The Labute approximate surface area is 187 Å². The van der Waals surface area contributed by atoms with E-state index in [0.29, 0.717) is 22.0 Å². The van der Waals surface area contributed by atoms with Gasteiger partial charge in [0.05, 0.1) is 22.7 Å². The Hall–Kier alpha value is -3.30. The number of methoxy groups -OCH3 is 1. The van der Waals surface area contributed by atoms with Crippen LogP contribution in [0.4, 0.5) is 10.5 Å². The van der Waals surface area contributed by atoms with Gasteiger partial charge in [0.1, 0.15) is 12.3 Å². The smallest absolute Gasteiger partial charge is 0.325 e. The number of carbonyl (C=O) groups excluding carboxylic acids is 4. The first-order valence-corrected chi connectivity index (χ1v) is 10.2. The minimum Gasteiger partial charge on any atom is -0.484 e. The Balaban J connectivity index is 1.63. The molecule has 0 spiro atoms. The van der Waals surface area contributed by atoms with Crippen LogP contribution < -0.4 is 10.1 Å². The summed E-state index contributed by atoms with van der Waals surface area (Å²) in [5.74, 6) is -1.25. The molecular formula is C21H17ClN2O6S. The number of esters is 1. The first kappa shape index (κ1) is 22.4. The van der Waals surface area contributed by atoms with E-state index in [9.17, 15) is 19.2 Å². The van der Waals surface area contributed by atoms with Crippen LogP contribution in [0.25, 0.3) is 6.08 Å². The van der Waals surface area contributed by atoms with Crippen molar-refractivity contribution in [2.75, 3.05) is 25.6 Å². The molecule has 0 bridgehead atoms. The van der Waals surface area contributed by atoms with Crippen LogP contribution in [-0.4, -0.2) is 48.2 Å². The van der Waals surface area contributed by atoms with Gasteiger partial charge in [-0.25, -0.2) is 0 Å². The predicted molar refractivity (Wildman–Crippen MR) is 117 cm³/mol. The lowest BCUT2D eigenvalue weighted by atomic mass is 10.2. The van der Waals surface area contributed by atoms with Crippen molar-refractivity contribution < 1.29 is 28.7 Å². The third-order valence-corrected chi connectivity index (χ3v) is 5.30. The molecule has 1 fully saturated rings. The molecule has 1 aliphatic heterocycles. The van der Waals surface area contributed by atoms with E-state index < -0.39 is 23.7 Å². The van der Waals surface area contributed by atoms with Crippen molar-refractivity contribution in [3.8, 4) is 5.75 Å². The molecule has 1 aliphatic rings. The summed E-state index contributed by atoms with van der Waals surface area (Å²) in [6, 6.07) is 13.5. The van der Waals surface area contributed by atoms with Crippen LogP contribution >= 0.6 is 23.4 Å². The number of benzene rings is 2. The second-order valence-corrected chi connectivity index (χ2v) is 7.63. The fourth-order valence-electron chi connectivity index (χ4n) is 2.57. The Bertz CT molecular complexity index is 1070. The number of nitrogens with one attached hydrogen (secondary N) is 1. The van der Waals surface area contributed by atoms with Crippen molar-refractivity contribution in [1.82, 2.24) is 4.90 Å². The summed E-state index contributed by atoms with van der Waals surface area (Å²) >= 11 is 6.74. The van der Waals surface area contributed by atoms with Gasteiger partial charge in [0.25, 0.3) is 17.1 Å². The largest absolute Gasteiger partial charge is 0.484 e. The molecule has 1 N–H and O–H groups in total. The molecule has 8 nitrogen and oxygen atoms in total. The first-order valence-electron chi connectivity index (χ1n) is 8.97. The molecule has 0 atom stereocenters. The quantitative estimate of drug-likeness (QED) is 0.497. The summed E-state index contributed by atoms with van der Waals surface area (Å²) in [6.45, 7) is -0.688. The highest BCUT2D eigenvalue weighted by Crippen LogP contribution is 2.32. The predicted octanol–water partition coefficient (Wildman–Crippen LogP) is 3.57. The molecule has 1 saturated heterocycles. The molecular weight excluding hydrogens is 444 g/mol. The molecule has 2 aromatic rings. The van der Waals surface area contributed by atoms with Gasteiger partial charge >= 0.3 is 5.97 Å². The number of nitrogens with zero attached hydrogens (tertiary/aromatic N) is 1. The number of imide groups is 1. The van der Waals surface area contributed by atoms with E-state index in [0.717, 1.165) is 16.7 Å².